The molecule has 0 radical (unpaired) electrons. The van der Waals surface area contributed by atoms with Crippen molar-refractivity contribution in [3.8, 4) is 0 Å². The summed E-state index contributed by atoms with van der Waals surface area (Å²) in [4.78, 5) is 11.9. The highest BCUT2D eigenvalue weighted by atomic mass is 16.5. The van der Waals surface area contributed by atoms with Crippen molar-refractivity contribution in [2.75, 3.05) is 6.61 Å². The van der Waals surface area contributed by atoms with E-state index in [1.165, 1.54) is 12.8 Å². The lowest BCUT2D eigenvalue weighted by Crippen LogP contribution is -2.53. The van der Waals surface area contributed by atoms with Crippen molar-refractivity contribution in [1.29, 1.82) is 0 Å². The van der Waals surface area contributed by atoms with Crippen LogP contribution in [0, 0.1) is 11.3 Å². The molecule has 3 nitrogen and oxygen atoms in total. The van der Waals surface area contributed by atoms with Crippen molar-refractivity contribution in [2.45, 2.75) is 78.7 Å². The second kappa shape index (κ2) is 6.62. The zero-order valence-electron chi connectivity index (χ0n) is 13.3. The van der Waals surface area contributed by atoms with E-state index in [9.17, 15) is 4.79 Å². The lowest BCUT2D eigenvalue weighted by Gasteiger charge is -2.46. The molecule has 0 aromatic rings. The molecule has 0 saturated heterocycles. The Hall–Kier alpha value is -0.730. The summed E-state index contributed by atoms with van der Waals surface area (Å²) in [5, 5.41) is 3.11. The van der Waals surface area contributed by atoms with Gasteiger partial charge < -0.3 is 10.1 Å². The summed E-state index contributed by atoms with van der Waals surface area (Å²) in [6, 6.07) is 0. The van der Waals surface area contributed by atoms with E-state index in [2.05, 4.69) is 39.9 Å². The largest absolute Gasteiger partial charge is 0.450 e. The van der Waals surface area contributed by atoms with Gasteiger partial charge in [-0.05, 0) is 43.9 Å². The molecule has 0 spiro atoms. The van der Waals surface area contributed by atoms with Crippen LogP contribution in [0.2, 0.25) is 0 Å². The van der Waals surface area contributed by atoms with Crippen LogP contribution in [0.25, 0.3) is 0 Å². The lowest BCUT2D eigenvalue weighted by molar-refractivity contribution is 0.0715. The Morgan fingerprint density at radius 2 is 1.95 bits per heavy atom. The fourth-order valence-corrected chi connectivity index (χ4v) is 3.67. The van der Waals surface area contributed by atoms with Crippen molar-refractivity contribution in [1.82, 2.24) is 5.32 Å². The van der Waals surface area contributed by atoms with Crippen LogP contribution < -0.4 is 5.32 Å². The van der Waals surface area contributed by atoms with E-state index in [0.717, 1.165) is 25.7 Å². The number of hydrogen-bond donors (Lipinski definition) is 1. The van der Waals surface area contributed by atoms with E-state index in [4.69, 9.17) is 4.74 Å². The van der Waals surface area contributed by atoms with Gasteiger partial charge in [-0.2, -0.15) is 0 Å². The second-order valence-corrected chi connectivity index (χ2v) is 7.20. The van der Waals surface area contributed by atoms with Crippen molar-refractivity contribution in [2.24, 2.45) is 11.3 Å². The molecule has 1 N–H and O–H groups in total. The molecule has 0 heterocycles. The van der Waals surface area contributed by atoms with Gasteiger partial charge in [0.15, 0.2) is 0 Å². The zero-order valence-corrected chi connectivity index (χ0v) is 13.3. The maximum Gasteiger partial charge on any atom is 0.407 e. The van der Waals surface area contributed by atoms with Crippen LogP contribution in [0.15, 0.2) is 0 Å². The molecular formula is C16H31NO2. The van der Waals surface area contributed by atoms with Crippen molar-refractivity contribution in [3.05, 3.63) is 0 Å². The van der Waals surface area contributed by atoms with Crippen LogP contribution in [-0.2, 0) is 4.74 Å². The Morgan fingerprint density at radius 3 is 2.53 bits per heavy atom. The SMILES string of the molecule is CCCCOC(=O)NC1(C)CC(CC)CC(C)(C)C1. The predicted molar refractivity (Wildman–Crippen MR) is 79.2 cm³/mol. The average molecular weight is 269 g/mol. The molecule has 2 unspecified atom stereocenters. The quantitative estimate of drug-likeness (QED) is 0.746. The normalized spacial score (nSPS) is 29.8. The van der Waals surface area contributed by atoms with Gasteiger partial charge in [-0.25, -0.2) is 4.79 Å². The first kappa shape index (κ1) is 16.3. The van der Waals surface area contributed by atoms with Crippen LogP contribution in [0.5, 0.6) is 0 Å². The van der Waals surface area contributed by atoms with Crippen LogP contribution in [-0.4, -0.2) is 18.2 Å². The fourth-order valence-electron chi connectivity index (χ4n) is 3.67. The van der Waals surface area contributed by atoms with Crippen LogP contribution in [0.4, 0.5) is 4.79 Å². The molecule has 1 fully saturated rings. The van der Waals surface area contributed by atoms with Gasteiger partial charge in [-0.15, -0.1) is 0 Å². The molecule has 2 atom stereocenters. The highest BCUT2D eigenvalue weighted by molar-refractivity contribution is 5.68. The van der Waals surface area contributed by atoms with Crippen LogP contribution >= 0.6 is 0 Å². The van der Waals surface area contributed by atoms with Gasteiger partial charge >= 0.3 is 6.09 Å². The molecule has 1 rings (SSSR count). The third-order valence-electron chi connectivity index (χ3n) is 4.16. The van der Waals surface area contributed by atoms with E-state index in [-0.39, 0.29) is 11.6 Å². The van der Waals surface area contributed by atoms with Gasteiger partial charge in [0.05, 0.1) is 6.61 Å². The van der Waals surface area contributed by atoms with Crippen molar-refractivity contribution < 1.29 is 9.53 Å². The standard InChI is InChI=1S/C16H31NO2/c1-6-8-9-19-14(18)17-16(5)11-13(7-2)10-15(3,4)12-16/h13H,6-12H2,1-5H3,(H,17,18). The summed E-state index contributed by atoms with van der Waals surface area (Å²) in [6.45, 7) is 11.6. The first-order valence-electron chi connectivity index (χ1n) is 7.75. The predicted octanol–water partition coefficient (Wildman–Crippen LogP) is 4.51. The molecule has 0 aromatic carbocycles. The Morgan fingerprint density at radius 1 is 1.26 bits per heavy atom. The van der Waals surface area contributed by atoms with Crippen molar-refractivity contribution in [3.63, 3.8) is 0 Å². The summed E-state index contributed by atoms with van der Waals surface area (Å²) in [6.07, 6.45) is 6.28. The topological polar surface area (TPSA) is 38.3 Å². The number of nitrogens with one attached hydrogen (secondary N) is 1. The van der Waals surface area contributed by atoms with E-state index in [1.807, 2.05) is 0 Å². The summed E-state index contributed by atoms with van der Waals surface area (Å²) >= 11 is 0. The van der Waals surface area contributed by atoms with E-state index in [0.29, 0.717) is 17.9 Å². The van der Waals surface area contributed by atoms with Gasteiger partial charge in [-0.3, -0.25) is 0 Å². The Labute approximate surface area is 118 Å². The van der Waals surface area contributed by atoms with E-state index < -0.39 is 0 Å². The molecule has 1 aliphatic rings. The Kier molecular flexibility index (Phi) is 5.69. The summed E-state index contributed by atoms with van der Waals surface area (Å²) < 4.78 is 5.24. The van der Waals surface area contributed by atoms with Crippen LogP contribution in [0.1, 0.15) is 73.1 Å². The summed E-state index contributed by atoms with van der Waals surface area (Å²) in [7, 11) is 0. The molecule has 1 amide bonds. The first-order chi connectivity index (χ1) is 8.80. The molecule has 1 aliphatic carbocycles. The number of unbranched alkanes of at least 4 members (excludes halogenated alkanes) is 1. The van der Waals surface area contributed by atoms with Gasteiger partial charge in [0.25, 0.3) is 0 Å². The maximum atomic E-state index is 11.9. The molecule has 112 valence electrons. The third kappa shape index (κ3) is 5.42. The van der Waals surface area contributed by atoms with E-state index in [1.54, 1.807) is 0 Å². The van der Waals surface area contributed by atoms with Gasteiger partial charge in [0.1, 0.15) is 0 Å². The molecule has 3 heteroatoms. The van der Waals surface area contributed by atoms with E-state index >= 15 is 0 Å². The number of carbonyl (C=O) groups is 1. The Bertz CT molecular complexity index is 301. The minimum atomic E-state index is -0.247. The van der Waals surface area contributed by atoms with Crippen LogP contribution in [0.3, 0.4) is 0 Å². The number of rotatable bonds is 5. The molecule has 1 saturated carbocycles. The minimum absolute atomic E-state index is 0.119. The number of amides is 1. The molecular weight excluding hydrogens is 238 g/mol. The molecule has 19 heavy (non-hydrogen) atoms. The summed E-state index contributed by atoms with van der Waals surface area (Å²) in [5.41, 5.74) is 0.177. The minimum Gasteiger partial charge on any atom is -0.450 e. The number of ether oxygens (including phenoxy) is 1. The highest BCUT2D eigenvalue weighted by Crippen LogP contribution is 2.44. The van der Waals surface area contributed by atoms with Gasteiger partial charge in [0.2, 0.25) is 0 Å². The Balaban J connectivity index is 2.55. The molecule has 0 aromatic heterocycles. The monoisotopic (exact) mass is 269 g/mol. The van der Waals surface area contributed by atoms with Gasteiger partial charge in [0, 0.05) is 5.54 Å². The highest BCUT2D eigenvalue weighted by Gasteiger charge is 2.41. The second-order valence-electron chi connectivity index (χ2n) is 7.20. The lowest BCUT2D eigenvalue weighted by atomic mass is 9.64. The average Bonchev–Trinajstić information content (AvgIpc) is 2.25. The molecule has 0 aliphatic heterocycles. The third-order valence-corrected chi connectivity index (χ3v) is 4.16. The smallest absolute Gasteiger partial charge is 0.407 e. The summed E-state index contributed by atoms with van der Waals surface area (Å²) in [5.74, 6) is 0.699. The van der Waals surface area contributed by atoms with Gasteiger partial charge in [-0.1, -0.05) is 40.5 Å². The number of carbonyl (C=O) groups excluding carboxylic acids is 1. The zero-order chi connectivity index (χ0) is 14.5. The molecule has 0 bridgehead atoms. The number of alkyl carbamates (subject to hydrolysis) is 1. The fraction of sp³-hybridized carbons (Fsp3) is 0.938. The number of hydrogen-bond acceptors (Lipinski definition) is 2. The maximum absolute atomic E-state index is 11.9. The first-order valence-corrected chi connectivity index (χ1v) is 7.75. The van der Waals surface area contributed by atoms with Crippen molar-refractivity contribution >= 4 is 6.09 Å².